The molecule has 2 heterocycles. The molecule has 27 heavy (non-hydrogen) atoms. The van der Waals surface area contributed by atoms with Crippen LogP contribution in [0.5, 0.6) is 0 Å². The Bertz CT molecular complexity index is 699. The molecule has 7 atom stereocenters. The topological polar surface area (TPSA) is 135 Å². The average molecular weight is 381 g/mol. The Morgan fingerprint density at radius 3 is 2.74 bits per heavy atom. The number of ether oxygens (including phenoxy) is 3. The van der Waals surface area contributed by atoms with Gasteiger partial charge in [0.05, 0.1) is 6.61 Å². The molecular weight excluding hydrogens is 358 g/mol. The third kappa shape index (κ3) is 4.06. The normalized spacial score (nSPS) is 38.3. The first-order valence-electron chi connectivity index (χ1n) is 8.65. The monoisotopic (exact) mass is 381 g/mol. The Hall–Kier alpha value is -2.20. The maximum atomic E-state index is 11.6. The molecule has 1 fully saturated rings. The summed E-state index contributed by atoms with van der Waals surface area (Å²) in [6, 6.07) is -1.05. The number of aliphatic hydroxyl groups is 3. The van der Waals surface area contributed by atoms with Crippen LogP contribution in [0.4, 0.5) is 0 Å². The number of nitrogens with one attached hydrogen (secondary N) is 1. The molecule has 0 unspecified atom stereocenters. The molecule has 0 bridgehead atoms. The van der Waals surface area contributed by atoms with Crippen LogP contribution >= 0.6 is 0 Å². The first-order chi connectivity index (χ1) is 12.8. The molecule has 3 aliphatic rings. The van der Waals surface area contributed by atoms with Gasteiger partial charge < -0.3 is 34.8 Å². The van der Waals surface area contributed by atoms with Crippen molar-refractivity contribution in [3.05, 3.63) is 35.6 Å². The lowest BCUT2D eigenvalue weighted by Crippen LogP contribution is -2.64. The van der Waals surface area contributed by atoms with Gasteiger partial charge in [0.1, 0.15) is 36.2 Å². The lowest BCUT2D eigenvalue weighted by molar-refractivity contribution is -0.258. The maximum Gasteiger partial charge on any atom is 0.331 e. The molecule has 148 valence electrons. The highest BCUT2D eigenvalue weighted by molar-refractivity contribution is 5.84. The van der Waals surface area contributed by atoms with Crippen molar-refractivity contribution in [3.63, 3.8) is 0 Å². The molecule has 0 aromatic carbocycles. The van der Waals surface area contributed by atoms with Crippen LogP contribution in [0.25, 0.3) is 0 Å². The van der Waals surface area contributed by atoms with E-state index in [1.807, 2.05) is 13.0 Å². The molecule has 0 saturated carbocycles. The fraction of sp³-hybridized carbons (Fsp3) is 0.556. The van der Waals surface area contributed by atoms with Crippen molar-refractivity contribution in [2.45, 2.75) is 50.6 Å². The van der Waals surface area contributed by atoms with Gasteiger partial charge >= 0.3 is 5.97 Å². The first kappa shape index (κ1) is 19.6. The van der Waals surface area contributed by atoms with Gasteiger partial charge in [0.25, 0.3) is 0 Å². The minimum atomic E-state index is -1.40. The van der Waals surface area contributed by atoms with Crippen molar-refractivity contribution in [1.29, 1.82) is 0 Å². The number of rotatable bonds is 4. The van der Waals surface area contributed by atoms with Gasteiger partial charge in [-0.2, -0.15) is 0 Å². The summed E-state index contributed by atoms with van der Waals surface area (Å²) in [5.41, 5.74) is 0.867. The minimum Gasteiger partial charge on any atom is -0.463 e. The molecule has 1 saturated heterocycles. The lowest BCUT2D eigenvalue weighted by Gasteiger charge is -2.42. The van der Waals surface area contributed by atoms with Gasteiger partial charge in [-0.15, -0.1) is 0 Å². The van der Waals surface area contributed by atoms with Gasteiger partial charge in [0.2, 0.25) is 12.2 Å². The molecule has 2 aliphatic heterocycles. The van der Waals surface area contributed by atoms with Crippen molar-refractivity contribution in [3.8, 4) is 0 Å². The smallest absolute Gasteiger partial charge is 0.331 e. The number of amides is 1. The molecule has 4 N–H and O–H groups in total. The summed E-state index contributed by atoms with van der Waals surface area (Å²) in [5.74, 6) is -0.657. The summed E-state index contributed by atoms with van der Waals surface area (Å²) in [6.45, 7) is 2.56. The summed E-state index contributed by atoms with van der Waals surface area (Å²) in [4.78, 5) is 23.1. The largest absolute Gasteiger partial charge is 0.463 e. The number of allylic oxidation sites excluding steroid dienone is 1. The summed E-state index contributed by atoms with van der Waals surface area (Å²) in [7, 11) is 0. The molecule has 0 aromatic heterocycles. The number of carbonyl (C=O) groups excluding carboxylic acids is 2. The third-order valence-electron chi connectivity index (χ3n) is 4.78. The van der Waals surface area contributed by atoms with E-state index in [4.69, 9.17) is 14.2 Å². The van der Waals surface area contributed by atoms with E-state index in [1.165, 1.54) is 13.0 Å². The second-order valence-corrected chi connectivity index (χ2v) is 6.79. The van der Waals surface area contributed by atoms with Gasteiger partial charge in [0, 0.05) is 18.9 Å². The number of esters is 1. The Balaban J connectivity index is 1.78. The van der Waals surface area contributed by atoms with Crippen LogP contribution in [0.1, 0.15) is 13.8 Å². The number of carbonyl (C=O) groups is 2. The highest BCUT2D eigenvalue weighted by atomic mass is 16.7. The summed E-state index contributed by atoms with van der Waals surface area (Å²) in [5, 5.41) is 32.2. The van der Waals surface area contributed by atoms with E-state index in [1.54, 1.807) is 12.2 Å². The Kier molecular flexibility index (Phi) is 5.66. The van der Waals surface area contributed by atoms with Crippen LogP contribution < -0.4 is 5.32 Å². The van der Waals surface area contributed by atoms with Crippen molar-refractivity contribution in [1.82, 2.24) is 5.32 Å². The molecule has 1 amide bonds. The third-order valence-corrected chi connectivity index (χ3v) is 4.78. The number of aliphatic hydroxyl groups excluding tert-OH is 3. The number of hydrogen-bond acceptors (Lipinski definition) is 8. The standard InChI is InChI=1S/C18H23NO8/c1-8-5-14(22)26-12-6-10(3-4-11(8)12)25-18-15(19-9(2)21)17(24)16(23)13(7-20)27-18/h3-6,11-13,15-18,20,23-24H,7H2,1-2H3,(H,19,21)/t11-,12-,13+,15-,16+,17-,18+/m0/s1. The van der Waals surface area contributed by atoms with Crippen LogP contribution in [-0.4, -0.2) is 70.6 Å². The van der Waals surface area contributed by atoms with E-state index in [0.717, 1.165) is 5.57 Å². The zero-order chi connectivity index (χ0) is 19.7. The summed E-state index contributed by atoms with van der Waals surface area (Å²) < 4.78 is 16.6. The molecule has 1 aliphatic carbocycles. The van der Waals surface area contributed by atoms with Gasteiger partial charge in [-0.05, 0) is 19.1 Å². The van der Waals surface area contributed by atoms with Crippen LogP contribution in [0.2, 0.25) is 0 Å². The van der Waals surface area contributed by atoms with E-state index in [-0.39, 0.29) is 5.92 Å². The highest BCUT2D eigenvalue weighted by Crippen LogP contribution is 2.32. The molecule has 0 aromatic rings. The van der Waals surface area contributed by atoms with Crippen molar-refractivity contribution in [2.24, 2.45) is 5.92 Å². The molecule has 3 rings (SSSR count). The molecule has 0 spiro atoms. The van der Waals surface area contributed by atoms with Crippen molar-refractivity contribution in [2.75, 3.05) is 6.61 Å². The SMILES string of the molecule is CC(=O)N[C@@H]1[C@H](OC2=C[C@@H]3OC(=O)C=C(C)[C@@H]3C=C2)O[C@H](CO)[C@@H](O)[C@H]1O. The van der Waals surface area contributed by atoms with Crippen molar-refractivity contribution < 1.29 is 39.1 Å². The predicted octanol–water partition coefficient (Wildman–Crippen LogP) is -1.11. The highest BCUT2D eigenvalue weighted by Gasteiger charge is 2.46. The Morgan fingerprint density at radius 1 is 1.33 bits per heavy atom. The van der Waals surface area contributed by atoms with E-state index in [2.05, 4.69) is 5.32 Å². The second kappa shape index (κ2) is 7.81. The fourth-order valence-corrected chi connectivity index (χ4v) is 3.38. The average Bonchev–Trinajstić information content (AvgIpc) is 2.60. The zero-order valence-electron chi connectivity index (χ0n) is 14.9. The van der Waals surface area contributed by atoms with E-state index < -0.39 is 55.2 Å². The number of fused-ring (bicyclic) bond motifs is 1. The van der Waals surface area contributed by atoms with E-state index in [9.17, 15) is 24.9 Å². The second-order valence-electron chi connectivity index (χ2n) is 6.79. The fourth-order valence-electron chi connectivity index (χ4n) is 3.38. The summed E-state index contributed by atoms with van der Waals surface area (Å²) >= 11 is 0. The van der Waals surface area contributed by atoms with Crippen LogP contribution in [0, 0.1) is 5.92 Å². The molecular formula is C18H23NO8. The van der Waals surface area contributed by atoms with Gasteiger partial charge in [-0.1, -0.05) is 11.6 Å². The molecule has 9 heteroatoms. The van der Waals surface area contributed by atoms with Crippen molar-refractivity contribution >= 4 is 11.9 Å². The van der Waals surface area contributed by atoms with E-state index in [0.29, 0.717) is 5.76 Å². The zero-order valence-corrected chi connectivity index (χ0v) is 14.9. The van der Waals surface area contributed by atoms with Gasteiger partial charge in [0.15, 0.2) is 0 Å². The van der Waals surface area contributed by atoms with E-state index >= 15 is 0 Å². The van der Waals surface area contributed by atoms with Crippen LogP contribution in [0.3, 0.4) is 0 Å². The Morgan fingerprint density at radius 2 is 2.07 bits per heavy atom. The van der Waals surface area contributed by atoms with Crippen LogP contribution in [0.15, 0.2) is 35.6 Å². The summed E-state index contributed by atoms with van der Waals surface area (Å²) in [6.07, 6.45) is 0.990. The lowest BCUT2D eigenvalue weighted by atomic mass is 9.88. The molecule has 9 nitrogen and oxygen atoms in total. The minimum absolute atomic E-state index is 0.0916. The predicted molar refractivity (Wildman–Crippen MR) is 90.8 cm³/mol. The van der Waals surface area contributed by atoms with Gasteiger partial charge in [-0.25, -0.2) is 4.79 Å². The molecule has 0 radical (unpaired) electrons. The quantitative estimate of drug-likeness (QED) is 0.450. The number of hydrogen-bond donors (Lipinski definition) is 4. The van der Waals surface area contributed by atoms with Gasteiger partial charge in [-0.3, -0.25) is 4.79 Å². The Labute approximate surface area is 155 Å². The first-order valence-corrected chi connectivity index (χ1v) is 8.65. The van der Waals surface area contributed by atoms with Crippen LogP contribution in [-0.2, 0) is 23.8 Å². The maximum absolute atomic E-state index is 11.6.